The summed E-state index contributed by atoms with van der Waals surface area (Å²) in [4.78, 5) is 12.9. The van der Waals surface area contributed by atoms with E-state index in [4.69, 9.17) is 0 Å². The van der Waals surface area contributed by atoms with Crippen LogP contribution in [-0.2, 0) is 0 Å². The van der Waals surface area contributed by atoms with Crippen molar-refractivity contribution in [3.05, 3.63) is 66.5 Å². The molecule has 94 valence electrons. The predicted molar refractivity (Wildman–Crippen MR) is 74.7 cm³/mol. The zero-order valence-corrected chi connectivity index (χ0v) is 10.6. The molecule has 0 bridgehead atoms. The number of benzene rings is 1. The molecule has 2 heterocycles. The molecule has 3 aromatic rings. The van der Waals surface area contributed by atoms with Crippen molar-refractivity contribution in [1.29, 1.82) is 0 Å². The van der Waals surface area contributed by atoms with E-state index in [0.29, 0.717) is 0 Å². The summed E-state index contributed by atoms with van der Waals surface area (Å²) in [5, 5.41) is 5.57. The Morgan fingerprint density at radius 3 is 2.63 bits per heavy atom. The van der Waals surface area contributed by atoms with Gasteiger partial charge in [-0.1, -0.05) is 18.2 Å². The number of fused-ring (bicyclic) bond motifs is 1. The molecule has 1 unspecified atom stereocenters. The van der Waals surface area contributed by atoms with Gasteiger partial charge in [0.15, 0.2) is 0 Å². The van der Waals surface area contributed by atoms with E-state index in [1.807, 2.05) is 31.4 Å². The molecule has 0 spiro atoms. The number of aromatic nitrogens is 3. The van der Waals surface area contributed by atoms with E-state index in [2.05, 4.69) is 32.4 Å². The third kappa shape index (κ3) is 2.18. The standard InChI is InChI=1S/C15H14N4/c1-16-14(15-18-7-3-8-19-15)12-5-2-4-11-6-9-17-10-13(11)12/h2-10,14,16H,1H3. The number of nitrogens with one attached hydrogen (secondary N) is 1. The highest BCUT2D eigenvalue weighted by Gasteiger charge is 2.16. The fourth-order valence-electron chi connectivity index (χ4n) is 2.27. The summed E-state index contributed by atoms with van der Waals surface area (Å²) in [6, 6.07) is 10.0. The molecule has 4 heteroatoms. The van der Waals surface area contributed by atoms with Gasteiger partial charge in [-0.15, -0.1) is 0 Å². The van der Waals surface area contributed by atoms with Crippen molar-refractivity contribution in [2.24, 2.45) is 0 Å². The number of hydrogen-bond acceptors (Lipinski definition) is 4. The van der Waals surface area contributed by atoms with Crippen molar-refractivity contribution in [1.82, 2.24) is 20.3 Å². The zero-order valence-electron chi connectivity index (χ0n) is 10.6. The van der Waals surface area contributed by atoms with Crippen LogP contribution in [0, 0.1) is 0 Å². The molecule has 1 aromatic carbocycles. The van der Waals surface area contributed by atoms with Gasteiger partial charge in [-0.2, -0.15) is 0 Å². The third-order valence-corrected chi connectivity index (χ3v) is 3.16. The maximum Gasteiger partial charge on any atom is 0.149 e. The van der Waals surface area contributed by atoms with Crippen LogP contribution in [-0.4, -0.2) is 22.0 Å². The summed E-state index contributed by atoms with van der Waals surface area (Å²) < 4.78 is 0. The van der Waals surface area contributed by atoms with Gasteiger partial charge in [-0.3, -0.25) is 4.98 Å². The molecule has 0 saturated carbocycles. The van der Waals surface area contributed by atoms with Gasteiger partial charge in [0.05, 0.1) is 6.04 Å². The molecule has 2 aromatic heterocycles. The minimum Gasteiger partial charge on any atom is -0.307 e. The van der Waals surface area contributed by atoms with Gasteiger partial charge >= 0.3 is 0 Å². The summed E-state index contributed by atoms with van der Waals surface area (Å²) in [5.74, 6) is 0.765. The molecule has 3 rings (SSSR count). The van der Waals surface area contributed by atoms with Gasteiger partial charge < -0.3 is 5.32 Å². The molecule has 0 fully saturated rings. The van der Waals surface area contributed by atoms with Gasteiger partial charge in [0.2, 0.25) is 0 Å². The lowest BCUT2D eigenvalue weighted by Gasteiger charge is -2.16. The molecule has 19 heavy (non-hydrogen) atoms. The van der Waals surface area contributed by atoms with Crippen LogP contribution in [0.25, 0.3) is 10.8 Å². The minimum atomic E-state index is -0.0332. The normalized spacial score (nSPS) is 12.5. The van der Waals surface area contributed by atoms with Crippen LogP contribution >= 0.6 is 0 Å². The van der Waals surface area contributed by atoms with Gasteiger partial charge in [0, 0.05) is 30.2 Å². The lowest BCUT2D eigenvalue weighted by molar-refractivity contribution is 0.650. The van der Waals surface area contributed by atoms with E-state index >= 15 is 0 Å². The summed E-state index contributed by atoms with van der Waals surface area (Å²) in [7, 11) is 1.91. The Morgan fingerprint density at radius 1 is 1.00 bits per heavy atom. The molecule has 1 N–H and O–H groups in total. The van der Waals surface area contributed by atoms with Crippen LogP contribution in [0.2, 0.25) is 0 Å². The Hall–Kier alpha value is -2.33. The van der Waals surface area contributed by atoms with Gasteiger partial charge in [-0.05, 0) is 30.1 Å². The molecular formula is C15H14N4. The van der Waals surface area contributed by atoms with Crippen molar-refractivity contribution < 1.29 is 0 Å². The second-order valence-corrected chi connectivity index (χ2v) is 4.27. The van der Waals surface area contributed by atoms with Crippen LogP contribution < -0.4 is 5.32 Å². The van der Waals surface area contributed by atoms with E-state index in [0.717, 1.165) is 16.8 Å². The Bertz CT molecular complexity index is 677. The predicted octanol–water partition coefficient (Wildman–Crippen LogP) is 2.33. The second kappa shape index (κ2) is 5.12. The first-order chi connectivity index (χ1) is 9.40. The Morgan fingerprint density at radius 2 is 1.84 bits per heavy atom. The van der Waals surface area contributed by atoms with Crippen LogP contribution in [0.3, 0.4) is 0 Å². The first kappa shape index (κ1) is 11.7. The Balaban J connectivity index is 2.17. The highest BCUT2D eigenvalue weighted by molar-refractivity contribution is 5.85. The largest absolute Gasteiger partial charge is 0.307 e. The highest BCUT2D eigenvalue weighted by atomic mass is 15.0. The third-order valence-electron chi connectivity index (χ3n) is 3.16. The zero-order chi connectivity index (χ0) is 13.1. The first-order valence-electron chi connectivity index (χ1n) is 6.17. The first-order valence-corrected chi connectivity index (χ1v) is 6.17. The summed E-state index contributed by atoms with van der Waals surface area (Å²) in [5.41, 5.74) is 1.14. The molecule has 0 saturated heterocycles. The molecule has 0 aliphatic carbocycles. The summed E-state index contributed by atoms with van der Waals surface area (Å²) in [6.45, 7) is 0. The molecule has 1 atom stereocenters. The summed E-state index contributed by atoms with van der Waals surface area (Å²) in [6.07, 6.45) is 7.21. The maximum atomic E-state index is 4.34. The number of pyridine rings is 1. The van der Waals surface area contributed by atoms with Crippen LogP contribution in [0.4, 0.5) is 0 Å². The average molecular weight is 250 g/mol. The monoisotopic (exact) mass is 250 g/mol. The minimum absolute atomic E-state index is 0.0332. The second-order valence-electron chi connectivity index (χ2n) is 4.27. The smallest absolute Gasteiger partial charge is 0.149 e. The van der Waals surface area contributed by atoms with Gasteiger partial charge in [-0.25, -0.2) is 9.97 Å². The Kier molecular flexibility index (Phi) is 3.16. The van der Waals surface area contributed by atoms with Crippen molar-refractivity contribution >= 4 is 10.8 Å². The highest BCUT2D eigenvalue weighted by Crippen LogP contribution is 2.26. The topological polar surface area (TPSA) is 50.7 Å². The number of hydrogen-bond donors (Lipinski definition) is 1. The molecule has 0 aliphatic heterocycles. The van der Waals surface area contributed by atoms with Crippen molar-refractivity contribution in [2.45, 2.75) is 6.04 Å². The van der Waals surface area contributed by atoms with Crippen molar-refractivity contribution in [3.63, 3.8) is 0 Å². The van der Waals surface area contributed by atoms with Crippen molar-refractivity contribution in [2.75, 3.05) is 7.05 Å². The SMILES string of the molecule is CNC(c1ncccn1)c1cccc2ccncc12. The Labute approximate surface area is 111 Å². The summed E-state index contributed by atoms with van der Waals surface area (Å²) >= 11 is 0. The fourth-order valence-corrected chi connectivity index (χ4v) is 2.27. The van der Waals surface area contributed by atoms with E-state index in [1.54, 1.807) is 18.6 Å². The quantitative estimate of drug-likeness (QED) is 0.775. The van der Waals surface area contributed by atoms with Gasteiger partial charge in [0.1, 0.15) is 5.82 Å². The van der Waals surface area contributed by atoms with E-state index < -0.39 is 0 Å². The van der Waals surface area contributed by atoms with E-state index in [9.17, 15) is 0 Å². The van der Waals surface area contributed by atoms with Crippen LogP contribution in [0.15, 0.2) is 55.1 Å². The van der Waals surface area contributed by atoms with Crippen LogP contribution in [0.5, 0.6) is 0 Å². The molecule has 4 nitrogen and oxygen atoms in total. The molecule has 0 radical (unpaired) electrons. The molecule has 0 aliphatic rings. The number of rotatable bonds is 3. The molecule has 0 amide bonds. The fraction of sp³-hybridized carbons (Fsp3) is 0.133. The lowest BCUT2D eigenvalue weighted by atomic mass is 10.00. The van der Waals surface area contributed by atoms with E-state index in [-0.39, 0.29) is 6.04 Å². The van der Waals surface area contributed by atoms with Gasteiger partial charge in [0.25, 0.3) is 0 Å². The lowest BCUT2D eigenvalue weighted by Crippen LogP contribution is -2.20. The maximum absolute atomic E-state index is 4.34. The number of nitrogens with zero attached hydrogens (tertiary/aromatic N) is 3. The van der Waals surface area contributed by atoms with E-state index in [1.165, 1.54) is 5.39 Å². The average Bonchev–Trinajstić information content (AvgIpc) is 2.49. The van der Waals surface area contributed by atoms with Crippen molar-refractivity contribution in [3.8, 4) is 0 Å². The molecular weight excluding hydrogens is 236 g/mol. The van der Waals surface area contributed by atoms with Crippen LogP contribution in [0.1, 0.15) is 17.4 Å².